The average molecular weight is 276 g/mol. The monoisotopic (exact) mass is 276 g/mol. The van der Waals surface area contributed by atoms with Crippen LogP contribution in [-0.2, 0) is 0 Å². The third kappa shape index (κ3) is 2.65. The van der Waals surface area contributed by atoms with E-state index in [1.807, 2.05) is 17.0 Å². The summed E-state index contributed by atoms with van der Waals surface area (Å²) in [5.74, 6) is 0.759. The molecule has 102 valence electrons. The number of thiol groups is 1. The third-order valence-corrected chi connectivity index (χ3v) is 4.49. The number of rotatable bonds is 2. The van der Waals surface area contributed by atoms with Crippen LogP contribution in [0.25, 0.3) is 0 Å². The molecule has 1 aliphatic carbocycles. The number of carbonyl (C=O) groups is 1. The highest BCUT2D eigenvalue weighted by molar-refractivity contribution is 7.80. The molecule has 0 atom stereocenters. The minimum atomic E-state index is 0.180. The molecule has 1 N–H and O–H groups in total. The smallest absolute Gasteiger partial charge is 0.254 e. The van der Waals surface area contributed by atoms with Gasteiger partial charge in [-0.1, -0.05) is 12.5 Å². The highest BCUT2D eigenvalue weighted by Crippen LogP contribution is 2.38. The van der Waals surface area contributed by atoms with Crippen molar-refractivity contribution in [2.24, 2.45) is 0 Å². The Morgan fingerprint density at radius 3 is 2.63 bits per heavy atom. The zero-order valence-electron chi connectivity index (χ0n) is 11.1. The highest BCUT2D eigenvalue weighted by Gasteiger charge is 2.27. The Morgan fingerprint density at radius 2 is 2.00 bits per heavy atom. The fraction of sp³-hybridized carbons (Fsp3) is 0.533. The van der Waals surface area contributed by atoms with E-state index in [2.05, 4.69) is 24.0 Å². The molecular formula is C15H20N2OS. The van der Waals surface area contributed by atoms with Crippen LogP contribution in [0.2, 0.25) is 0 Å². The van der Waals surface area contributed by atoms with E-state index < -0.39 is 0 Å². The highest BCUT2D eigenvalue weighted by atomic mass is 32.1. The lowest BCUT2D eigenvalue weighted by Gasteiger charge is -2.31. The number of amides is 1. The summed E-state index contributed by atoms with van der Waals surface area (Å²) in [5.41, 5.74) is 2.10. The van der Waals surface area contributed by atoms with Gasteiger partial charge in [0.15, 0.2) is 0 Å². The van der Waals surface area contributed by atoms with Gasteiger partial charge in [-0.2, -0.15) is 0 Å². The summed E-state index contributed by atoms with van der Waals surface area (Å²) in [7, 11) is 0. The molecule has 1 saturated heterocycles. The summed E-state index contributed by atoms with van der Waals surface area (Å²) >= 11 is 4.39. The number of nitrogens with zero attached hydrogens (tertiary/aromatic N) is 1. The molecular weight excluding hydrogens is 256 g/mol. The van der Waals surface area contributed by atoms with E-state index in [-0.39, 0.29) is 5.91 Å². The first-order valence-corrected chi connectivity index (χ1v) is 7.53. The van der Waals surface area contributed by atoms with Crippen LogP contribution in [-0.4, -0.2) is 37.0 Å². The zero-order valence-corrected chi connectivity index (χ0v) is 12.0. The van der Waals surface area contributed by atoms with Gasteiger partial charge in [0, 0.05) is 36.6 Å². The predicted molar refractivity (Wildman–Crippen MR) is 79.1 cm³/mol. The summed E-state index contributed by atoms with van der Waals surface area (Å²) in [4.78, 5) is 15.5. The van der Waals surface area contributed by atoms with Gasteiger partial charge in [0.1, 0.15) is 0 Å². The van der Waals surface area contributed by atoms with Gasteiger partial charge >= 0.3 is 0 Å². The second-order valence-electron chi connectivity index (χ2n) is 5.44. The average Bonchev–Trinajstić information content (AvgIpc) is 2.39. The molecule has 0 radical (unpaired) electrons. The molecule has 3 rings (SSSR count). The molecule has 2 fully saturated rings. The van der Waals surface area contributed by atoms with Crippen molar-refractivity contribution in [3.8, 4) is 0 Å². The molecule has 1 aliphatic heterocycles. The Bertz CT molecular complexity index is 479. The first kappa shape index (κ1) is 13.0. The number of carbonyl (C=O) groups excluding carboxylic acids is 1. The Balaban J connectivity index is 1.88. The van der Waals surface area contributed by atoms with Crippen molar-refractivity contribution in [3.63, 3.8) is 0 Å². The van der Waals surface area contributed by atoms with Crippen molar-refractivity contribution in [3.05, 3.63) is 29.3 Å². The van der Waals surface area contributed by atoms with Crippen LogP contribution in [0.1, 0.15) is 41.1 Å². The van der Waals surface area contributed by atoms with Crippen LogP contribution in [0.15, 0.2) is 23.1 Å². The Hall–Kier alpha value is -1.00. The summed E-state index contributed by atoms with van der Waals surface area (Å²) in [5, 5.41) is 3.28. The maximum atomic E-state index is 12.7. The normalized spacial score (nSPS) is 20.2. The minimum Gasteiger partial charge on any atom is -0.336 e. The quantitative estimate of drug-likeness (QED) is 0.812. The van der Waals surface area contributed by atoms with E-state index in [1.165, 1.54) is 24.8 Å². The molecule has 1 amide bonds. The third-order valence-electron chi connectivity index (χ3n) is 4.22. The van der Waals surface area contributed by atoms with Crippen LogP contribution in [0, 0.1) is 0 Å². The molecule has 0 spiro atoms. The van der Waals surface area contributed by atoms with E-state index in [0.29, 0.717) is 5.92 Å². The number of piperazine rings is 1. The van der Waals surface area contributed by atoms with Crippen LogP contribution in [0.3, 0.4) is 0 Å². The van der Waals surface area contributed by atoms with E-state index in [4.69, 9.17) is 0 Å². The van der Waals surface area contributed by atoms with Crippen LogP contribution in [0.4, 0.5) is 0 Å². The van der Waals surface area contributed by atoms with Crippen LogP contribution >= 0.6 is 12.6 Å². The van der Waals surface area contributed by atoms with Gasteiger partial charge in [0.2, 0.25) is 0 Å². The van der Waals surface area contributed by atoms with Crippen molar-refractivity contribution in [2.45, 2.75) is 30.1 Å². The van der Waals surface area contributed by atoms with Crippen LogP contribution < -0.4 is 5.32 Å². The van der Waals surface area contributed by atoms with Crippen molar-refractivity contribution in [2.75, 3.05) is 26.2 Å². The second kappa shape index (κ2) is 5.55. The van der Waals surface area contributed by atoms with E-state index in [9.17, 15) is 4.79 Å². The second-order valence-corrected chi connectivity index (χ2v) is 5.96. The van der Waals surface area contributed by atoms with Crippen molar-refractivity contribution >= 4 is 18.5 Å². The Kier molecular flexibility index (Phi) is 3.80. The SMILES string of the molecule is O=C(c1cc(S)ccc1C1CCC1)N1CCNCC1. The van der Waals surface area contributed by atoms with Crippen LogP contribution in [0.5, 0.6) is 0 Å². The summed E-state index contributed by atoms with van der Waals surface area (Å²) in [6.45, 7) is 3.40. The number of hydrogen-bond donors (Lipinski definition) is 2. The largest absolute Gasteiger partial charge is 0.336 e. The van der Waals surface area contributed by atoms with Crippen molar-refractivity contribution in [1.29, 1.82) is 0 Å². The first-order chi connectivity index (χ1) is 9.25. The summed E-state index contributed by atoms with van der Waals surface area (Å²) in [6, 6.07) is 6.05. The summed E-state index contributed by atoms with van der Waals surface area (Å²) < 4.78 is 0. The molecule has 2 aliphatic rings. The van der Waals surface area contributed by atoms with E-state index in [0.717, 1.165) is 36.6 Å². The topological polar surface area (TPSA) is 32.3 Å². The molecule has 0 aromatic heterocycles. The van der Waals surface area contributed by atoms with Crippen molar-refractivity contribution < 1.29 is 4.79 Å². The van der Waals surface area contributed by atoms with Gasteiger partial charge in [-0.15, -0.1) is 12.6 Å². The molecule has 1 heterocycles. The van der Waals surface area contributed by atoms with E-state index in [1.54, 1.807) is 0 Å². The molecule has 1 aromatic rings. The molecule has 0 unspecified atom stereocenters. The van der Waals surface area contributed by atoms with Crippen molar-refractivity contribution in [1.82, 2.24) is 10.2 Å². The van der Waals surface area contributed by atoms with Gasteiger partial charge in [-0.05, 0) is 36.5 Å². The molecule has 1 saturated carbocycles. The summed E-state index contributed by atoms with van der Waals surface area (Å²) in [6.07, 6.45) is 3.72. The van der Waals surface area contributed by atoms with E-state index >= 15 is 0 Å². The number of nitrogens with one attached hydrogen (secondary N) is 1. The van der Waals surface area contributed by atoms with Gasteiger partial charge in [0.05, 0.1) is 0 Å². The molecule has 3 nitrogen and oxygen atoms in total. The first-order valence-electron chi connectivity index (χ1n) is 7.08. The molecule has 1 aromatic carbocycles. The Labute approximate surface area is 119 Å². The minimum absolute atomic E-state index is 0.180. The Morgan fingerprint density at radius 1 is 1.26 bits per heavy atom. The molecule has 19 heavy (non-hydrogen) atoms. The predicted octanol–water partition coefficient (Wildman–Crippen LogP) is 2.29. The fourth-order valence-electron chi connectivity index (χ4n) is 2.84. The number of benzene rings is 1. The maximum Gasteiger partial charge on any atom is 0.254 e. The zero-order chi connectivity index (χ0) is 13.2. The molecule has 4 heteroatoms. The molecule has 0 bridgehead atoms. The lowest BCUT2D eigenvalue weighted by molar-refractivity contribution is 0.0733. The maximum absolute atomic E-state index is 12.7. The number of hydrogen-bond acceptors (Lipinski definition) is 3. The fourth-order valence-corrected chi connectivity index (χ4v) is 3.05. The van der Waals surface area contributed by atoms with Gasteiger partial charge < -0.3 is 10.2 Å². The van der Waals surface area contributed by atoms with Gasteiger partial charge in [-0.3, -0.25) is 4.79 Å². The standard InChI is InChI=1S/C15H20N2OS/c18-15(17-8-6-16-7-9-17)14-10-12(19)4-5-13(14)11-2-1-3-11/h4-5,10-11,16,19H,1-3,6-9H2. The van der Waals surface area contributed by atoms with Gasteiger partial charge in [-0.25, -0.2) is 0 Å². The van der Waals surface area contributed by atoms with Gasteiger partial charge in [0.25, 0.3) is 5.91 Å². The lowest BCUT2D eigenvalue weighted by Crippen LogP contribution is -2.46. The lowest BCUT2D eigenvalue weighted by atomic mass is 9.78.